The minimum atomic E-state index is -1.93. The van der Waals surface area contributed by atoms with E-state index in [1.165, 1.54) is 6.92 Å². The van der Waals surface area contributed by atoms with Crippen LogP contribution in [0.5, 0.6) is 0 Å². The Morgan fingerprint density at radius 3 is 2.41 bits per heavy atom. The summed E-state index contributed by atoms with van der Waals surface area (Å²) in [5, 5.41) is 5.44. The largest absolute Gasteiger partial charge is 0.344 e. The molecule has 1 aromatic rings. The summed E-state index contributed by atoms with van der Waals surface area (Å²) in [6, 6.07) is 0.676. The molecule has 2 heterocycles. The number of hydrogen-bond acceptors (Lipinski definition) is 5. The Morgan fingerprint density at radius 1 is 1.03 bits per heavy atom. The van der Waals surface area contributed by atoms with Gasteiger partial charge in [-0.3, -0.25) is 24.7 Å². The highest BCUT2D eigenvalue weighted by Gasteiger charge is 2.53. The number of halogens is 2. The van der Waals surface area contributed by atoms with E-state index < -0.39 is 64.6 Å². The molecule has 32 heavy (non-hydrogen) atoms. The van der Waals surface area contributed by atoms with Gasteiger partial charge in [0.05, 0.1) is 0 Å². The average molecular weight is 449 g/mol. The summed E-state index contributed by atoms with van der Waals surface area (Å²) in [7, 11) is 0. The number of nitrogens with one attached hydrogen (secondary N) is 3. The number of urea groups is 2. The molecule has 4 rings (SSSR count). The lowest BCUT2D eigenvalue weighted by molar-refractivity contribution is -0.141. The van der Waals surface area contributed by atoms with Crippen molar-refractivity contribution in [3.05, 3.63) is 35.4 Å². The Hall–Kier alpha value is -3.57. The van der Waals surface area contributed by atoms with Crippen LogP contribution in [-0.2, 0) is 19.9 Å². The SMILES string of the molecule is CC1(c2cc(F)ccc2F)NC(=O)N(CC(=O)NN2C(=O)NC3(CCCCC3)C2=O)C1=O. The van der Waals surface area contributed by atoms with Crippen LogP contribution in [0.15, 0.2) is 18.2 Å². The Balaban J connectivity index is 1.47. The second-order valence-corrected chi connectivity index (χ2v) is 8.32. The van der Waals surface area contributed by atoms with Crippen LogP contribution in [0.2, 0.25) is 0 Å². The fraction of sp³-hybridized carbons (Fsp3) is 0.450. The van der Waals surface area contributed by atoms with Crippen molar-refractivity contribution >= 4 is 29.8 Å². The van der Waals surface area contributed by atoms with E-state index in [1.807, 2.05) is 0 Å². The standard InChI is InChI=1S/C20H21F2N5O5/c1-19(12-9-11(21)5-6-13(12)22)15(29)26(17(31)23-19)10-14(28)25-27-16(30)20(24-18(27)32)7-3-2-4-8-20/h5-6,9H,2-4,7-8,10H2,1H3,(H,23,31)(H,24,32)(H,25,28). The second kappa shape index (κ2) is 7.53. The molecule has 1 atom stereocenters. The molecule has 3 fully saturated rings. The Labute approximate surface area is 181 Å². The third-order valence-corrected chi connectivity index (χ3v) is 6.15. The number of carbonyl (C=O) groups is 5. The van der Waals surface area contributed by atoms with Gasteiger partial charge in [0, 0.05) is 5.56 Å². The summed E-state index contributed by atoms with van der Waals surface area (Å²) in [5.74, 6) is -4.28. The topological polar surface area (TPSA) is 128 Å². The maximum atomic E-state index is 14.2. The van der Waals surface area contributed by atoms with E-state index in [0.717, 1.165) is 37.5 Å². The van der Waals surface area contributed by atoms with Crippen molar-refractivity contribution in [2.75, 3.05) is 6.54 Å². The van der Waals surface area contributed by atoms with Gasteiger partial charge in [0.25, 0.3) is 17.7 Å². The van der Waals surface area contributed by atoms with Gasteiger partial charge >= 0.3 is 12.1 Å². The summed E-state index contributed by atoms with van der Waals surface area (Å²) >= 11 is 0. The van der Waals surface area contributed by atoms with E-state index >= 15 is 0 Å². The van der Waals surface area contributed by atoms with Crippen molar-refractivity contribution in [3.8, 4) is 0 Å². The molecule has 0 bridgehead atoms. The van der Waals surface area contributed by atoms with Crippen molar-refractivity contribution < 1.29 is 32.8 Å². The summed E-state index contributed by atoms with van der Waals surface area (Å²) in [6.07, 6.45) is 3.36. The molecule has 1 spiro atoms. The van der Waals surface area contributed by atoms with Crippen LogP contribution in [0.25, 0.3) is 0 Å². The van der Waals surface area contributed by atoms with E-state index in [1.54, 1.807) is 0 Å². The summed E-state index contributed by atoms with van der Waals surface area (Å²) in [4.78, 5) is 63.2. The van der Waals surface area contributed by atoms with Gasteiger partial charge < -0.3 is 10.6 Å². The van der Waals surface area contributed by atoms with Gasteiger partial charge in [-0.15, -0.1) is 0 Å². The van der Waals surface area contributed by atoms with Crippen LogP contribution in [-0.4, -0.2) is 51.8 Å². The van der Waals surface area contributed by atoms with E-state index in [0.29, 0.717) is 22.8 Å². The highest BCUT2D eigenvalue weighted by molar-refractivity contribution is 6.10. The lowest BCUT2D eigenvalue weighted by Crippen LogP contribution is -2.53. The first kappa shape index (κ1) is 21.7. The lowest BCUT2D eigenvalue weighted by Gasteiger charge is -2.30. The number of benzene rings is 1. The van der Waals surface area contributed by atoms with Gasteiger partial charge in [0.2, 0.25) is 0 Å². The van der Waals surface area contributed by atoms with Crippen LogP contribution in [0.3, 0.4) is 0 Å². The van der Waals surface area contributed by atoms with Crippen LogP contribution < -0.4 is 16.1 Å². The van der Waals surface area contributed by atoms with Crippen LogP contribution in [0.4, 0.5) is 18.4 Å². The number of carbonyl (C=O) groups excluding carboxylic acids is 5. The van der Waals surface area contributed by atoms with Gasteiger partial charge in [-0.1, -0.05) is 19.3 Å². The quantitative estimate of drug-likeness (QED) is 0.592. The van der Waals surface area contributed by atoms with Crippen molar-refractivity contribution in [2.24, 2.45) is 0 Å². The Bertz CT molecular complexity index is 1040. The molecule has 1 aromatic carbocycles. The fourth-order valence-corrected chi connectivity index (χ4v) is 4.42. The van der Waals surface area contributed by atoms with E-state index in [2.05, 4.69) is 16.1 Å². The van der Waals surface area contributed by atoms with Crippen LogP contribution in [0.1, 0.15) is 44.6 Å². The molecular formula is C20H21F2N5O5. The molecule has 2 aliphatic heterocycles. The van der Waals surface area contributed by atoms with Crippen molar-refractivity contribution in [1.29, 1.82) is 0 Å². The molecule has 1 unspecified atom stereocenters. The molecule has 0 radical (unpaired) electrons. The number of hydrazine groups is 1. The third-order valence-electron chi connectivity index (χ3n) is 6.15. The molecule has 0 aromatic heterocycles. The highest BCUT2D eigenvalue weighted by atomic mass is 19.1. The van der Waals surface area contributed by atoms with E-state index in [-0.39, 0.29) is 0 Å². The number of hydrogen-bond donors (Lipinski definition) is 3. The van der Waals surface area contributed by atoms with Crippen molar-refractivity contribution in [3.63, 3.8) is 0 Å². The van der Waals surface area contributed by atoms with Gasteiger partial charge in [-0.2, -0.15) is 5.01 Å². The minimum absolute atomic E-state index is 0.396. The number of imide groups is 2. The third kappa shape index (κ3) is 3.35. The molecular weight excluding hydrogens is 428 g/mol. The molecule has 1 saturated carbocycles. The van der Waals surface area contributed by atoms with Gasteiger partial charge in [-0.05, 0) is 38.0 Å². The lowest BCUT2D eigenvalue weighted by atomic mass is 9.82. The summed E-state index contributed by atoms with van der Waals surface area (Å²) in [5.41, 5.74) is -1.26. The van der Waals surface area contributed by atoms with Crippen molar-refractivity contribution in [2.45, 2.75) is 50.1 Å². The summed E-state index contributed by atoms with van der Waals surface area (Å²) < 4.78 is 27.8. The normalized spacial score (nSPS) is 24.7. The van der Waals surface area contributed by atoms with Gasteiger partial charge in [0.1, 0.15) is 29.3 Å². The number of amides is 7. The fourth-order valence-electron chi connectivity index (χ4n) is 4.42. The van der Waals surface area contributed by atoms with Crippen LogP contribution >= 0.6 is 0 Å². The number of rotatable bonds is 4. The molecule has 3 N–H and O–H groups in total. The Kier molecular flexibility index (Phi) is 5.10. The zero-order valence-electron chi connectivity index (χ0n) is 17.2. The first-order valence-corrected chi connectivity index (χ1v) is 10.1. The predicted octanol–water partition coefficient (Wildman–Crippen LogP) is 1.02. The maximum Gasteiger partial charge on any atom is 0.344 e. The zero-order chi connectivity index (χ0) is 23.3. The second-order valence-electron chi connectivity index (χ2n) is 8.32. The van der Waals surface area contributed by atoms with E-state index in [4.69, 9.17) is 0 Å². The van der Waals surface area contributed by atoms with E-state index in [9.17, 15) is 32.8 Å². The molecule has 10 nitrogen and oxygen atoms in total. The first-order valence-electron chi connectivity index (χ1n) is 10.1. The minimum Gasteiger partial charge on any atom is -0.322 e. The average Bonchev–Trinajstić information content (AvgIpc) is 3.10. The summed E-state index contributed by atoms with van der Waals surface area (Å²) in [6.45, 7) is 0.356. The van der Waals surface area contributed by atoms with Crippen LogP contribution in [0, 0.1) is 11.6 Å². The Morgan fingerprint density at radius 2 is 1.72 bits per heavy atom. The van der Waals surface area contributed by atoms with Gasteiger partial charge in [0.15, 0.2) is 0 Å². The molecule has 7 amide bonds. The smallest absolute Gasteiger partial charge is 0.322 e. The van der Waals surface area contributed by atoms with Crippen molar-refractivity contribution in [1.82, 2.24) is 26.0 Å². The number of nitrogens with zero attached hydrogens (tertiary/aromatic N) is 2. The highest BCUT2D eigenvalue weighted by Crippen LogP contribution is 2.33. The maximum absolute atomic E-state index is 14.2. The molecule has 170 valence electrons. The molecule has 2 saturated heterocycles. The monoisotopic (exact) mass is 449 g/mol. The molecule has 12 heteroatoms. The molecule has 1 aliphatic carbocycles. The first-order chi connectivity index (χ1) is 15.1. The predicted molar refractivity (Wildman–Crippen MR) is 103 cm³/mol. The zero-order valence-corrected chi connectivity index (χ0v) is 17.2. The molecule has 3 aliphatic rings. The van der Waals surface area contributed by atoms with Gasteiger partial charge in [-0.25, -0.2) is 18.4 Å².